The van der Waals surface area contributed by atoms with E-state index < -0.39 is 11.9 Å². The Bertz CT molecular complexity index is 407. The van der Waals surface area contributed by atoms with Crippen molar-refractivity contribution >= 4 is 11.9 Å². The van der Waals surface area contributed by atoms with Gasteiger partial charge in [0.25, 0.3) is 5.91 Å². The molecule has 6 heteroatoms. The van der Waals surface area contributed by atoms with Crippen molar-refractivity contribution in [1.82, 2.24) is 10.5 Å². The molecule has 0 bridgehead atoms. The smallest absolute Gasteiger partial charge is 0.358 e. The van der Waals surface area contributed by atoms with Gasteiger partial charge in [-0.2, -0.15) is 0 Å². The van der Waals surface area contributed by atoms with E-state index in [1.165, 1.54) is 0 Å². The lowest BCUT2D eigenvalue weighted by Crippen LogP contribution is -2.32. The quantitative estimate of drug-likeness (QED) is 0.800. The maximum atomic E-state index is 11.6. The van der Waals surface area contributed by atoms with Crippen LogP contribution in [-0.4, -0.2) is 28.2 Å². The Morgan fingerprint density at radius 3 is 2.69 bits per heavy atom. The van der Waals surface area contributed by atoms with E-state index in [0.29, 0.717) is 0 Å². The van der Waals surface area contributed by atoms with Crippen molar-refractivity contribution in [3.05, 3.63) is 17.5 Å². The fraction of sp³-hybridized carbons (Fsp3) is 0.500. The van der Waals surface area contributed by atoms with Gasteiger partial charge >= 0.3 is 5.97 Å². The average Bonchev–Trinajstić information content (AvgIpc) is 2.86. The minimum atomic E-state index is -1.20. The fourth-order valence-electron chi connectivity index (χ4n) is 1.81. The van der Waals surface area contributed by atoms with Crippen LogP contribution < -0.4 is 5.32 Å². The molecule has 2 rings (SSSR count). The van der Waals surface area contributed by atoms with Gasteiger partial charge in [0.2, 0.25) is 5.76 Å². The lowest BCUT2D eigenvalue weighted by Gasteiger charge is -2.09. The second-order valence-corrected chi connectivity index (χ2v) is 3.84. The molecule has 0 saturated heterocycles. The normalized spacial score (nSPS) is 16.2. The number of aromatic nitrogens is 1. The molecule has 0 aromatic carbocycles. The van der Waals surface area contributed by atoms with Crippen LogP contribution in [0.5, 0.6) is 0 Å². The minimum absolute atomic E-state index is 0.0516. The molecule has 0 spiro atoms. The predicted octanol–water partition coefficient (Wildman–Crippen LogP) is 1.05. The second-order valence-electron chi connectivity index (χ2n) is 3.84. The summed E-state index contributed by atoms with van der Waals surface area (Å²) in [6, 6.07) is 1.30. The Morgan fingerprint density at radius 2 is 2.12 bits per heavy atom. The molecule has 0 radical (unpaired) electrons. The van der Waals surface area contributed by atoms with Gasteiger partial charge < -0.3 is 14.9 Å². The minimum Gasteiger partial charge on any atom is -0.476 e. The SMILES string of the molecule is O=C(O)c1cc(C(=O)NC2CCCC2)on1. The summed E-state index contributed by atoms with van der Waals surface area (Å²) < 4.78 is 4.66. The first-order valence-corrected chi connectivity index (χ1v) is 5.17. The van der Waals surface area contributed by atoms with Crippen LogP contribution >= 0.6 is 0 Å². The molecule has 1 saturated carbocycles. The van der Waals surface area contributed by atoms with Gasteiger partial charge in [0, 0.05) is 12.1 Å². The first kappa shape index (κ1) is 10.7. The van der Waals surface area contributed by atoms with Gasteiger partial charge in [0.15, 0.2) is 5.69 Å². The van der Waals surface area contributed by atoms with Gasteiger partial charge in [0.1, 0.15) is 0 Å². The third-order valence-electron chi connectivity index (χ3n) is 2.64. The lowest BCUT2D eigenvalue weighted by molar-refractivity contribution is 0.0684. The zero-order chi connectivity index (χ0) is 11.5. The molecule has 1 fully saturated rings. The van der Waals surface area contributed by atoms with E-state index in [1.807, 2.05) is 0 Å². The van der Waals surface area contributed by atoms with Crippen LogP contribution in [-0.2, 0) is 0 Å². The van der Waals surface area contributed by atoms with Gasteiger partial charge in [0.05, 0.1) is 0 Å². The van der Waals surface area contributed by atoms with Gasteiger partial charge in [-0.05, 0) is 12.8 Å². The summed E-state index contributed by atoms with van der Waals surface area (Å²) in [7, 11) is 0. The third kappa shape index (κ3) is 2.21. The molecule has 1 amide bonds. The molecular formula is C10H12N2O4. The zero-order valence-corrected chi connectivity index (χ0v) is 8.60. The highest BCUT2D eigenvalue weighted by Crippen LogP contribution is 2.18. The Balaban J connectivity index is 1.99. The van der Waals surface area contributed by atoms with Gasteiger partial charge in [-0.1, -0.05) is 18.0 Å². The van der Waals surface area contributed by atoms with E-state index in [9.17, 15) is 9.59 Å². The van der Waals surface area contributed by atoms with Crippen LogP contribution in [0.4, 0.5) is 0 Å². The molecule has 1 aliphatic rings. The van der Waals surface area contributed by atoms with Crippen LogP contribution in [0.2, 0.25) is 0 Å². The molecular weight excluding hydrogens is 212 g/mol. The number of carboxylic acids is 1. The van der Waals surface area contributed by atoms with Crippen LogP contribution in [0.1, 0.15) is 46.7 Å². The van der Waals surface area contributed by atoms with Crippen molar-refractivity contribution < 1.29 is 19.2 Å². The number of nitrogens with zero attached hydrogens (tertiary/aromatic N) is 1. The molecule has 0 aliphatic heterocycles. The average molecular weight is 224 g/mol. The number of carbonyl (C=O) groups excluding carboxylic acids is 1. The topological polar surface area (TPSA) is 92.4 Å². The summed E-state index contributed by atoms with van der Waals surface area (Å²) in [4.78, 5) is 22.1. The molecule has 0 unspecified atom stereocenters. The van der Waals surface area contributed by atoms with Crippen molar-refractivity contribution in [2.45, 2.75) is 31.7 Å². The van der Waals surface area contributed by atoms with Crippen molar-refractivity contribution in [3.63, 3.8) is 0 Å². The maximum Gasteiger partial charge on any atom is 0.358 e. The number of aromatic carboxylic acids is 1. The van der Waals surface area contributed by atoms with Gasteiger partial charge in [-0.3, -0.25) is 4.79 Å². The van der Waals surface area contributed by atoms with E-state index in [4.69, 9.17) is 5.11 Å². The van der Waals surface area contributed by atoms with E-state index in [-0.39, 0.29) is 17.5 Å². The van der Waals surface area contributed by atoms with Gasteiger partial charge in [-0.15, -0.1) is 0 Å². The predicted molar refractivity (Wildman–Crippen MR) is 53.2 cm³/mol. The zero-order valence-electron chi connectivity index (χ0n) is 8.60. The maximum absolute atomic E-state index is 11.6. The molecule has 16 heavy (non-hydrogen) atoms. The highest BCUT2D eigenvalue weighted by atomic mass is 16.5. The standard InChI is InChI=1S/C10H12N2O4/c13-9(11-6-3-1-2-4-6)8-5-7(10(14)15)12-16-8/h5-6H,1-4H2,(H,11,13)(H,14,15). The number of hydrogen-bond acceptors (Lipinski definition) is 4. The Labute approximate surface area is 91.6 Å². The molecule has 1 aromatic rings. The van der Waals surface area contributed by atoms with Crippen molar-refractivity contribution in [3.8, 4) is 0 Å². The first-order valence-electron chi connectivity index (χ1n) is 5.17. The Kier molecular flexibility index (Phi) is 2.89. The highest BCUT2D eigenvalue weighted by Gasteiger charge is 2.21. The summed E-state index contributed by atoms with van der Waals surface area (Å²) in [6.07, 6.45) is 4.15. The largest absolute Gasteiger partial charge is 0.476 e. The molecule has 1 aliphatic carbocycles. The van der Waals surface area contributed by atoms with Crippen LogP contribution in [0, 0.1) is 0 Å². The number of amides is 1. The number of nitrogens with one attached hydrogen (secondary N) is 1. The van der Waals surface area contributed by atoms with Crippen molar-refractivity contribution in [2.75, 3.05) is 0 Å². The molecule has 6 nitrogen and oxygen atoms in total. The van der Waals surface area contributed by atoms with E-state index in [0.717, 1.165) is 31.7 Å². The fourth-order valence-corrected chi connectivity index (χ4v) is 1.81. The first-order chi connectivity index (χ1) is 7.66. The summed E-state index contributed by atoms with van der Waals surface area (Å²) >= 11 is 0. The Hall–Kier alpha value is -1.85. The van der Waals surface area contributed by atoms with Crippen molar-refractivity contribution in [2.24, 2.45) is 0 Å². The summed E-state index contributed by atoms with van der Waals surface area (Å²) in [5, 5.41) is 14.7. The number of hydrogen-bond donors (Lipinski definition) is 2. The number of carboxylic acid groups (broad SMARTS) is 1. The summed E-state index contributed by atoms with van der Waals surface area (Å²) in [6.45, 7) is 0. The second kappa shape index (κ2) is 4.34. The molecule has 86 valence electrons. The molecule has 0 atom stereocenters. The van der Waals surface area contributed by atoms with E-state index in [1.54, 1.807) is 0 Å². The lowest BCUT2D eigenvalue weighted by atomic mass is 10.2. The summed E-state index contributed by atoms with van der Waals surface area (Å²) in [5.41, 5.74) is -0.253. The van der Waals surface area contributed by atoms with Crippen LogP contribution in [0.3, 0.4) is 0 Å². The third-order valence-corrected chi connectivity index (χ3v) is 2.64. The van der Waals surface area contributed by atoms with E-state index >= 15 is 0 Å². The van der Waals surface area contributed by atoms with Gasteiger partial charge in [-0.25, -0.2) is 4.79 Å². The monoisotopic (exact) mass is 224 g/mol. The Morgan fingerprint density at radius 1 is 1.44 bits per heavy atom. The van der Waals surface area contributed by atoms with Crippen LogP contribution in [0.25, 0.3) is 0 Å². The van der Waals surface area contributed by atoms with E-state index in [2.05, 4.69) is 15.0 Å². The summed E-state index contributed by atoms with van der Waals surface area (Å²) in [5.74, 6) is -1.65. The molecule has 1 heterocycles. The molecule has 1 aromatic heterocycles. The highest BCUT2D eigenvalue weighted by molar-refractivity contribution is 5.94. The van der Waals surface area contributed by atoms with Crippen LogP contribution in [0.15, 0.2) is 10.6 Å². The number of rotatable bonds is 3. The molecule has 2 N–H and O–H groups in total. The van der Waals surface area contributed by atoms with Crippen molar-refractivity contribution in [1.29, 1.82) is 0 Å². The number of carbonyl (C=O) groups is 2.